The van der Waals surface area contributed by atoms with Crippen LogP contribution in [-0.4, -0.2) is 32.5 Å². The average Bonchev–Trinajstić information content (AvgIpc) is 2.41. The third-order valence-electron chi connectivity index (χ3n) is 3.61. The van der Waals surface area contributed by atoms with Crippen LogP contribution in [0, 0.1) is 5.92 Å². The van der Waals surface area contributed by atoms with E-state index in [4.69, 9.17) is 0 Å². The van der Waals surface area contributed by atoms with E-state index in [2.05, 4.69) is 5.32 Å². The summed E-state index contributed by atoms with van der Waals surface area (Å²) < 4.78 is 22.7. The minimum Gasteiger partial charge on any atom is -0.314 e. The molecule has 15 heavy (non-hydrogen) atoms. The van der Waals surface area contributed by atoms with E-state index in [0.29, 0.717) is 23.5 Å². The van der Waals surface area contributed by atoms with Crippen molar-refractivity contribution < 1.29 is 8.42 Å². The molecule has 2 aliphatic rings. The fourth-order valence-electron chi connectivity index (χ4n) is 2.76. The molecule has 2 rings (SSSR count). The Balaban J connectivity index is 1.81. The molecule has 0 amide bonds. The fraction of sp³-hybridized carbons (Fsp3) is 1.00. The van der Waals surface area contributed by atoms with Gasteiger partial charge in [-0.25, -0.2) is 8.42 Å². The summed E-state index contributed by atoms with van der Waals surface area (Å²) in [6, 6.07) is 0.575. The molecule has 2 atom stereocenters. The van der Waals surface area contributed by atoms with Gasteiger partial charge in [-0.15, -0.1) is 0 Å². The summed E-state index contributed by atoms with van der Waals surface area (Å²) in [7, 11) is -2.68. The summed E-state index contributed by atoms with van der Waals surface area (Å²) in [6.07, 6.45) is 7.10. The van der Waals surface area contributed by atoms with Crippen molar-refractivity contribution in [1.29, 1.82) is 0 Å². The predicted octanol–water partition coefficient (Wildman–Crippen LogP) is 1.34. The van der Waals surface area contributed by atoms with E-state index in [1.54, 1.807) is 0 Å². The molecule has 0 radical (unpaired) electrons. The SMILES string of the molecule is O=S1(=O)CCC(CC2CCCCCN2)C1. The smallest absolute Gasteiger partial charge is 0.150 e. The summed E-state index contributed by atoms with van der Waals surface area (Å²) >= 11 is 0. The number of sulfone groups is 1. The number of nitrogens with one attached hydrogen (secondary N) is 1. The Morgan fingerprint density at radius 2 is 2.00 bits per heavy atom. The highest BCUT2D eigenvalue weighted by atomic mass is 32.2. The van der Waals surface area contributed by atoms with E-state index in [0.717, 1.165) is 19.4 Å². The van der Waals surface area contributed by atoms with E-state index in [1.807, 2.05) is 0 Å². The largest absolute Gasteiger partial charge is 0.314 e. The summed E-state index contributed by atoms with van der Waals surface area (Å²) in [5, 5.41) is 3.54. The van der Waals surface area contributed by atoms with Crippen molar-refractivity contribution in [3.8, 4) is 0 Å². The van der Waals surface area contributed by atoms with Crippen LogP contribution in [0.15, 0.2) is 0 Å². The molecular formula is C11H21NO2S. The van der Waals surface area contributed by atoms with Crippen molar-refractivity contribution in [3.63, 3.8) is 0 Å². The van der Waals surface area contributed by atoms with Crippen LogP contribution in [0.3, 0.4) is 0 Å². The van der Waals surface area contributed by atoms with E-state index in [1.165, 1.54) is 25.7 Å². The van der Waals surface area contributed by atoms with Gasteiger partial charge in [0.05, 0.1) is 11.5 Å². The molecule has 2 saturated heterocycles. The molecule has 0 aliphatic carbocycles. The number of hydrogen-bond acceptors (Lipinski definition) is 3. The Morgan fingerprint density at radius 3 is 2.73 bits per heavy atom. The first-order valence-electron chi connectivity index (χ1n) is 6.09. The minimum absolute atomic E-state index is 0.421. The molecule has 0 spiro atoms. The van der Waals surface area contributed by atoms with Crippen LogP contribution in [0.25, 0.3) is 0 Å². The van der Waals surface area contributed by atoms with Crippen molar-refractivity contribution >= 4 is 9.84 Å². The average molecular weight is 231 g/mol. The first kappa shape index (κ1) is 11.4. The van der Waals surface area contributed by atoms with Crippen LogP contribution in [0.5, 0.6) is 0 Å². The summed E-state index contributed by atoms with van der Waals surface area (Å²) in [6.45, 7) is 1.12. The zero-order valence-electron chi connectivity index (χ0n) is 9.24. The zero-order chi connectivity index (χ0) is 10.7. The van der Waals surface area contributed by atoms with Gasteiger partial charge in [-0.3, -0.25) is 0 Å². The minimum atomic E-state index is -2.68. The van der Waals surface area contributed by atoms with Crippen molar-refractivity contribution in [2.45, 2.75) is 44.6 Å². The van der Waals surface area contributed by atoms with Gasteiger partial charge >= 0.3 is 0 Å². The highest BCUT2D eigenvalue weighted by Gasteiger charge is 2.29. The number of rotatable bonds is 2. The van der Waals surface area contributed by atoms with Crippen molar-refractivity contribution in [2.75, 3.05) is 18.1 Å². The summed E-state index contributed by atoms with van der Waals surface area (Å²) in [5.74, 6) is 1.28. The third-order valence-corrected chi connectivity index (χ3v) is 5.44. The third kappa shape index (κ3) is 3.45. The maximum absolute atomic E-state index is 11.3. The molecule has 0 aromatic carbocycles. The molecule has 0 aromatic heterocycles. The van der Waals surface area contributed by atoms with Gasteiger partial charge in [0.15, 0.2) is 9.84 Å². The predicted molar refractivity (Wildman–Crippen MR) is 61.6 cm³/mol. The Labute approximate surface area is 92.6 Å². The maximum Gasteiger partial charge on any atom is 0.150 e. The second-order valence-electron chi connectivity index (χ2n) is 5.01. The first-order chi connectivity index (χ1) is 7.16. The van der Waals surface area contributed by atoms with Crippen molar-refractivity contribution in [1.82, 2.24) is 5.32 Å². The Hall–Kier alpha value is -0.0900. The lowest BCUT2D eigenvalue weighted by atomic mass is 9.96. The van der Waals surface area contributed by atoms with Crippen LogP contribution in [0.2, 0.25) is 0 Å². The second kappa shape index (κ2) is 4.83. The lowest BCUT2D eigenvalue weighted by Crippen LogP contribution is -2.30. The van der Waals surface area contributed by atoms with Gasteiger partial charge in [-0.05, 0) is 38.1 Å². The first-order valence-corrected chi connectivity index (χ1v) is 7.92. The molecule has 4 heteroatoms. The molecule has 0 bridgehead atoms. The van der Waals surface area contributed by atoms with Gasteiger partial charge < -0.3 is 5.32 Å². The lowest BCUT2D eigenvalue weighted by Gasteiger charge is -2.18. The molecule has 0 saturated carbocycles. The Kier molecular flexibility index (Phi) is 3.67. The quantitative estimate of drug-likeness (QED) is 0.780. The molecule has 88 valence electrons. The van der Waals surface area contributed by atoms with Crippen LogP contribution < -0.4 is 5.32 Å². The lowest BCUT2D eigenvalue weighted by molar-refractivity contribution is 0.401. The van der Waals surface area contributed by atoms with E-state index in [9.17, 15) is 8.42 Å². The second-order valence-corrected chi connectivity index (χ2v) is 7.23. The fourth-order valence-corrected chi connectivity index (χ4v) is 4.64. The molecule has 2 unspecified atom stereocenters. The molecule has 2 heterocycles. The topological polar surface area (TPSA) is 46.2 Å². The normalized spacial score (nSPS) is 36.3. The Morgan fingerprint density at radius 1 is 1.13 bits per heavy atom. The molecule has 1 N–H and O–H groups in total. The number of hydrogen-bond donors (Lipinski definition) is 1. The van der Waals surface area contributed by atoms with E-state index < -0.39 is 9.84 Å². The Bertz CT molecular complexity index is 292. The monoisotopic (exact) mass is 231 g/mol. The van der Waals surface area contributed by atoms with E-state index >= 15 is 0 Å². The molecule has 2 fully saturated rings. The van der Waals surface area contributed by atoms with Gasteiger partial charge in [-0.2, -0.15) is 0 Å². The van der Waals surface area contributed by atoms with Crippen LogP contribution in [0.1, 0.15) is 38.5 Å². The van der Waals surface area contributed by atoms with Crippen LogP contribution >= 0.6 is 0 Å². The van der Waals surface area contributed by atoms with Crippen LogP contribution in [-0.2, 0) is 9.84 Å². The van der Waals surface area contributed by atoms with Gasteiger partial charge in [0.1, 0.15) is 0 Å². The summed E-state index contributed by atoms with van der Waals surface area (Å²) in [4.78, 5) is 0. The van der Waals surface area contributed by atoms with Gasteiger partial charge in [0.2, 0.25) is 0 Å². The van der Waals surface area contributed by atoms with Gasteiger partial charge in [0, 0.05) is 6.04 Å². The molecule has 3 nitrogen and oxygen atoms in total. The van der Waals surface area contributed by atoms with E-state index in [-0.39, 0.29) is 0 Å². The highest BCUT2D eigenvalue weighted by Crippen LogP contribution is 2.25. The molecular weight excluding hydrogens is 210 g/mol. The van der Waals surface area contributed by atoms with Gasteiger partial charge in [0.25, 0.3) is 0 Å². The molecule has 2 aliphatic heterocycles. The van der Waals surface area contributed by atoms with Gasteiger partial charge in [-0.1, -0.05) is 12.8 Å². The zero-order valence-corrected chi connectivity index (χ0v) is 10.1. The standard InChI is InChI=1S/C11H21NO2S/c13-15(14)7-5-10(9-15)8-11-4-2-1-3-6-12-11/h10-12H,1-9H2. The van der Waals surface area contributed by atoms with Crippen molar-refractivity contribution in [2.24, 2.45) is 5.92 Å². The highest BCUT2D eigenvalue weighted by molar-refractivity contribution is 7.91. The molecule has 0 aromatic rings. The van der Waals surface area contributed by atoms with Crippen LogP contribution in [0.4, 0.5) is 0 Å². The van der Waals surface area contributed by atoms with Crippen molar-refractivity contribution in [3.05, 3.63) is 0 Å². The maximum atomic E-state index is 11.3. The summed E-state index contributed by atoms with van der Waals surface area (Å²) in [5.41, 5.74) is 0.